The molecule has 0 bridgehead atoms. The highest BCUT2D eigenvalue weighted by Crippen LogP contribution is 2.20. The van der Waals surface area contributed by atoms with Crippen molar-refractivity contribution >= 4 is 11.6 Å². The molecule has 0 aliphatic heterocycles. The van der Waals surface area contributed by atoms with Gasteiger partial charge in [-0.15, -0.1) is 0 Å². The van der Waals surface area contributed by atoms with E-state index < -0.39 is 0 Å². The first kappa shape index (κ1) is 15.9. The summed E-state index contributed by atoms with van der Waals surface area (Å²) in [7, 11) is 0. The van der Waals surface area contributed by atoms with E-state index >= 15 is 0 Å². The van der Waals surface area contributed by atoms with Gasteiger partial charge in [-0.05, 0) is 44.5 Å². The smallest absolute Gasteiger partial charge is 0.259 e. The third-order valence-electron chi connectivity index (χ3n) is 3.81. The molecule has 3 aromatic rings. The minimum absolute atomic E-state index is 0.153. The predicted octanol–water partition coefficient (Wildman–Crippen LogP) is 3.21. The van der Waals surface area contributed by atoms with Crippen LogP contribution in [0.1, 0.15) is 35.1 Å². The van der Waals surface area contributed by atoms with Crippen molar-refractivity contribution in [2.45, 2.75) is 33.7 Å². The summed E-state index contributed by atoms with van der Waals surface area (Å²) in [6.07, 6.45) is 2.26. The van der Waals surface area contributed by atoms with Crippen LogP contribution in [0.3, 0.4) is 0 Å². The van der Waals surface area contributed by atoms with Gasteiger partial charge in [-0.2, -0.15) is 10.1 Å². The van der Waals surface area contributed by atoms with Crippen LogP contribution in [0.5, 0.6) is 0 Å². The SMILES string of the molecule is CCCn1nc(C)c(C(=O)Nc2ccc(-c3ncon3)cc2)c1C. The maximum Gasteiger partial charge on any atom is 0.259 e. The van der Waals surface area contributed by atoms with Gasteiger partial charge < -0.3 is 9.84 Å². The van der Waals surface area contributed by atoms with E-state index in [1.54, 1.807) is 0 Å². The second-order valence-electron chi connectivity index (χ2n) is 5.56. The van der Waals surface area contributed by atoms with E-state index in [9.17, 15) is 4.79 Å². The summed E-state index contributed by atoms with van der Waals surface area (Å²) < 4.78 is 6.61. The van der Waals surface area contributed by atoms with Crippen LogP contribution in [0, 0.1) is 13.8 Å². The molecule has 24 heavy (non-hydrogen) atoms. The minimum Gasteiger partial charge on any atom is -0.342 e. The van der Waals surface area contributed by atoms with Crippen molar-refractivity contribution in [2.75, 3.05) is 5.32 Å². The summed E-state index contributed by atoms with van der Waals surface area (Å²) in [6, 6.07) is 7.29. The van der Waals surface area contributed by atoms with Crippen LogP contribution in [0.4, 0.5) is 5.69 Å². The largest absolute Gasteiger partial charge is 0.342 e. The Morgan fingerprint density at radius 2 is 2.00 bits per heavy atom. The fourth-order valence-electron chi connectivity index (χ4n) is 2.65. The van der Waals surface area contributed by atoms with E-state index in [0.29, 0.717) is 17.1 Å². The second kappa shape index (κ2) is 6.66. The molecule has 0 saturated carbocycles. The summed E-state index contributed by atoms with van der Waals surface area (Å²) in [6.45, 7) is 6.66. The van der Waals surface area contributed by atoms with Gasteiger partial charge in [0.1, 0.15) is 0 Å². The first-order valence-electron chi connectivity index (χ1n) is 7.82. The summed E-state index contributed by atoms with van der Waals surface area (Å²) in [5, 5.41) is 11.1. The number of rotatable bonds is 5. The van der Waals surface area contributed by atoms with Crippen LogP contribution < -0.4 is 5.32 Å². The van der Waals surface area contributed by atoms with Gasteiger partial charge in [0.05, 0.1) is 11.3 Å². The number of carbonyl (C=O) groups excluding carboxylic acids is 1. The van der Waals surface area contributed by atoms with E-state index in [2.05, 4.69) is 27.5 Å². The minimum atomic E-state index is -0.153. The van der Waals surface area contributed by atoms with Gasteiger partial charge in [0.25, 0.3) is 5.91 Å². The summed E-state index contributed by atoms with van der Waals surface area (Å²) >= 11 is 0. The molecule has 0 atom stereocenters. The van der Waals surface area contributed by atoms with Crippen LogP contribution in [0.15, 0.2) is 35.2 Å². The molecule has 7 nitrogen and oxygen atoms in total. The Hall–Kier alpha value is -2.96. The van der Waals surface area contributed by atoms with E-state index in [0.717, 1.165) is 29.9 Å². The number of hydrogen-bond acceptors (Lipinski definition) is 5. The van der Waals surface area contributed by atoms with Crippen LogP contribution in [0.25, 0.3) is 11.4 Å². The fourth-order valence-corrected chi connectivity index (χ4v) is 2.65. The molecule has 0 saturated heterocycles. The average molecular weight is 325 g/mol. The van der Waals surface area contributed by atoms with Gasteiger partial charge in [0.15, 0.2) is 0 Å². The zero-order chi connectivity index (χ0) is 17.1. The summed E-state index contributed by atoms with van der Waals surface area (Å²) in [4.78, 5) is 16.6. The van der Waals surface area contributed by atoms with Crippen molar-refractivity contribution in [1.82, 2.24) is 19.9 Å². The first-order chi connectivity index (χ1) is 11.6. The molecule has 1 aromatic carbocycles. The normalized spacial score (nSPS) is 10.8. The van der Waals surface area contributed by atoms with Crippen LogP contribution in [-0.2, 0) is 6.54 Å². The molecule has 0 aliphatic rings. The Kier molecular flexibility index (Phi) is 4.41. The molecule has 1 amide bonds. The molecule has 1 N–H and O–H groups in total. The third kappa shape index (κ3) is 3.05. The van der Waals surface area contributed by atoms with Gasteiger partial charge in [0, 0.05) is 23.5 Å². The van der Waals surface area contributed by atoms with Crippen LogP contribution >= 0.6 is 0 Å². The van der Waals surface area contributed by atoms with Gasteiger partial charge in [0.2, 0.25) is 12.2 Å². The number of amides is 1. The zero-order valence-electron chi connectivity index (χ0n) is 13.9. The molecular formula is C17H19N5O2. The molecule has 0 unspecified atom stereocenters. The van der Waals surface area contributed by atoms with Crippen molar-refractivity contribution in [1.29, 1.82) is 0 Å². The lowest BCUT2D eigenvalue weighted by molar-refractivity contribution is 0.102. The quantitative estimate of drug-likeness (QED) is 0.778. The number of nitrogens with zero attached hydrogens (tertiary/aromatic N) is 4. The number of carbonyl (C=O) groups is 1. The van der Waals surface area contributed by atoms with E-state index in [1.807, 2.05) is 42.8 Å². The van der Waals surface area contributed by atoms with Gasteiger partial charge >= 0.3 is 0 Å². The lowest BCUT2D eigenvalue weighted by Crippen LogP contribution is -2.14. The van der Waals surface area contributed by atoms with Crippen molar-refractivity contribution in [3.63, 3.8) is 0 Å². The maximum absolute atomic E-state index is 12.6. The molecule has 0 spiro atoms. The maximum atomic E-state index is 12.6. The highest BCUT2D eigenvalue weighted by Gasteiger charge is 2.18. The zero-order valence-corrected chi connectivity index (χ0v) is 13.9. The van der Waals surface area contributed by atoms with Crippen LogP contribution in [-0.4, -0.2) is 25.8 Å². The molecule has 3 rings (SSSR count). The summed E-state index contributed by atoms with van der Waals surface area (Å²) in [5.74, 6) is 0.361. The monoisotopic (exact) mass is 325 g/mol. The molecule has 0 fully saturated rings. The molecule has 0 aliphatic carbocycles. The van der Waals surface area contributed by atoms with E-state index in [-0.39, 0.29) is 5.91 Å². The van der Waals surface area contributed by atoms with Gasteiger partial charge in [-0.25, -0.2) is 0 Å². The number of nitrogens with one attached hydrogen (secondary N) is 1. The van der Waals surface area contributed by atoms with Gasteiger partial charge in [-0.1, -0.05) is 12.1 Å². The molecule has 7 heteroatoms. The Bertz CT molecular complexity index is 835. The number of aryl methyl sites for hydroxylation is 2. The van der Waals surface area contributed by atoms with Gasteiger partial charge in [-0.3, -0.25) is 9.48 Å². The average Bonchev–Trinajstić information content (AvgIpc) is 3.18. The predicted molar refractivity (Wildman–Crippen MR) is 89.7 cm³/mol. The van der Waals surface area contributed by atoms with Crippen molar-refractivity contribution in [2.24, 2.45) is 0 Å². The van der Waals surface area contributed by atoms with E-state index in [4.69, 9.17) is 4.52 Å². The highest BCUT2D eigenvalue weighted by atomic mass is 16.5. The standard InChI is InChI=1S/C17H19N5O2/c1-4-9-22-12(3)15(11(2)20-22)17(23)19-14-7-5-13(6-8-14)16-18-10-24-21-16/h5-8,10H,4,9H2,1-3H3,(H,19,23). The second-order valence-corrected chi connectivity index (χ2v) is 5.56. The van der Waals surface area contributed by atoms with Crippen LogP contribution in [0.2, 0.25) is 0 Å². The Balaban J connectivity index is 1.78. The Labute approximate surface area is 139 Å². The lowest BCUT2D eigenvalue weighted by Gasteiger charge is -2.07. The molecular weight excluding hydrogens is 306 g/mol. The number of benzene rings is 1. The number of aromatic nitrogens is 4. The topological polar surface area (TPSA) is 85.8 Å². The lowest BCUT2D eigenvalue weighted by atomic mass is 10.1. The van der Waals surface area contributed by atoms with Crippen molar-refractivity contribution in [3.8, 4) is 11.4 Å². The van der Waals surface area contributed by atoms with Crippen molar-refractivity contribution in [3.05, 3.63) is 47.6 Å². The molecule has 2 heterocycles. The number of anilines is 1. The third-order valence-corrected chi connectivity index (χ3v) is 3.81. The molecule has 0 radical (unpaired) electrons. The van der Waals surface area contributed by atoms with Crippen molar-refractivity contribution < 1.29 is 9.32 Å². The number of hydrogen-bond donors (Lipinski definition) is 1. The fraction of sp³-hybridized carbons (Fsp3) is 0.294. The Morgan fingerprint density at radius 3 is 2.62 bits per heavy atom. The first-order valence-corrected chi connectivity index (χ1v) is 7.82. The molecule has 124 valence electrons. The van der Waals surface area contributed by atoms with E-state index in [1.165, 1.54) is 6.39 Å². The summed E-state index contributed by atoms with van der Waals surface area (Å²) in [5.41, 5.74) is 3.78. The Morgan fingerprint density at radius 1 is 1.25 bits per heavy atom. The molecule has 2 aromatic heterocycles. The highest BCUT2D eigenvalue weighted by molar-refractivity contribution is 6.05.